The summed E-state index contributed by atoms with van der Waals surface area (Å²) in [6.45, 7) is 3.43. The van der Waals surface area contributed by atoms with Gasteiger partial charge in [-0.2, -0.15) is 0 Å². The van der Waals surface area contributed by atoms with Gasteiger partial charge in [0.25, 0.3) is 0 Å². The van der Waals surface area contributed by atoms with Crippen LogP contribution in [-0.2, 0) is 4.79 Å². The number of nitrogens with one attached hydrogen (secondary N) is 1. The van der Waals surface area contributed by atoms with Crippen LogP contribution in [-0.4, -0.2) is 30.9 Å². The van der Waals surface area contributed by atoms with E-state index in [0.717, 1.165) is 18.7 Å². The van der Waals surface area contributed by atoms with Crippen LogP contribution in [0.2, 0.25) is 0 Å². The molecule has 0 fully saturated rings. The first-order valence-corrected chi connectivity index (χ1v) is 5.45. The highest BCUT2D eigenvalue weighted by molar-refractivity contribution is 5.92. The van der Waals surface area contributed by atoms with Crippen LogP contribution < -0.4 is 11.1 Å². The van der Waals surface area contributed by atoms with E-state index in [0.29, 0.717) is 12.2 Å². The number of hydrogen-bond acceptors (Lipinski definition) is 3. The molecule has 0 aliphatic heterocycles. The molecule has 0 radical (unpaired) electrons. The lowest BCUT2D eigenvalue weighted by atomic mass is 10.3. The highest BCUT2D eigenvalue weighted by Crippen LogP contribution is 2.10. The molecule has 0 atom stereocenters. The van der Waals surface area contributed by atoms with Gasteiger partial charge in [-0.25, -0.2) is 0 Å². The number of hydrogen-bond donors (Lipinski definition) is 2. The van der Waals surface area contributed by atoms with Crippen LogP contribution in [0.5, 0.6) is 0 Å². The van der Waals surface area contributed by atoms with Crippen molar-refractivity contribution in [3.63, 3.8) is 0 Å². The lowest BCUT2D eigenvalue weighted by Crippen LogP contribution is -2.30. The largest absolute Gasteiger partial charge is 0.399 e. The lowest BCUT2D eigenvalue weighted by Gasteiger charge is -2.14. The van der Waals surface area contributed by atoms with E-state index in [2.05, 4.69) is 12.2 Å². The van der Waals surface area contributed by atoms with Crippen molar-refractivity contribution < 1.29 is 4.79 Å². The van der Waals surface area contributed by atoms with Crippen molar-refractivity contribution in [1.29, 1.82) is 0 Å². The highest BCUT2D eigenvalue weighted by atomic mass is 16.2. The van der Waals surface area contributed by atoms with Crippen LogP contribution in [0.4, 0.5) is 11.4 Å². The van der Waals surface area contributed by atoms with Crippen LogP contribution >= 0.6 is 0 Å². The molecule has 0 unspecified atom stereocenters. The second-order valence-electron chi connectivity index (χ2n) is 3.91. The first kappa shape index (κ1) is 12.5. The summed E-state index contributed by atoms with van der Waals surface area (Å²) in [6.07, 6.45) is 1.05. The fraction of sp³-hybridized carbons (Fsp3) is 0.417. The number of likely N-dealkylation sites (N-methyl/N-ethyl adjacent to an activating group) is 1. The molecule has 88 valence electrons. The second-order valence-corrected chi connectivity index (χ2v) is 3.91. The summed E-state index contributed by atoms with van der Waals surface area (Å²) in [6, 6.07) is 7.14. The first-order chi connectivity index (χ1) is 7.61. The summed E-state index contributed by atoms with van der Waals surface area (Å²) in [4.78, 5) is 13.6. The number of carbonyl (C=O) groups excluding carboxylic acids is 1. The van der Waals surface area contributed by atoms with Crippen molar-refractivity contribution in [2.75, 3.05) is 31.2 Å². The number of nitrogens with two attached hydrogens (primary N) is 1. The summed E-state index contributed by atoms with van der Waals surface area (Å²) in [5, 5.41) is 2.82. The molecule has 0 heterocycles. The molecule has 0 bridgehead atoms. The smallest absolute Gasteiger partial charge is 0.238 e. The maximum atomic E-state index is 11.6. The van der Waals surface area contributed by atoms with Crippen LogP contribution in [0.15, 0.2) is 24.3 Å². The van der Waals surface area contributed by atoms with Crippen LogP contribution in [0, 0.1) is 0 Å². The Morgan fingerprint density at radius 3 is 2.56 bits per heavy atom. The monoisotopic (exact) mass is 221 g/mol. The summed E-state index contributed by atoms with van der Waals surface area (Å²) in [5.74, 6) is 0.000668. The fourth-order valence-corrected chi connectivity index (χ4v) is 1.47. The van der Waals surface area contributed by atoms with Crippen molar-refractivity contribution >= 4 is 17.3 Å². The molecule has 0 aliphatic carbocycles. The average molecular weight is 221 g/mol. The minimum absolute atomic E-state index is 0.000668. The molecule has 4 nitrogen and oxygen atoms in total. The number of anilines is 2. The van der Waals surface area contributed by atoms with Gasteiger partial charge in [-0.05, 0) is 44.3 Å². The van der Waals surface area contributed by atoms with Gasteiger partial charge in [0, 0.05) is 11.4 Å². The molecular weight excluding hydrogens is 202 g/mol. The zero-order chi connectivity index (χ0) is 12.0. The van der Waals surface area contributed by atoms with Gasteiger partial charge in [-0.15, -0.1) is 0 Å². The Hall–Kier alpha value is -1.55. The third-order valence-corrected chi connectivity index (χ3v) is 2.21. The third-order valence-electron chi connectivity index (χ3n) is 2.21. The lowest BCUT2D eigenvalue weighted by molar-refractivity contribution is -0.117. The van der Waals surface area contributed by atoms with Gasteiger partial charge < -0.3 is 11.1 Å². The normalized spacial score (nSPS) is 10.4. The second kappa shape index (κ2) is 6.12. The van der Waals surface area contributed by atoms with Crippen molar-refractivity contribution in [2.24, 2.45) is 0 Å². The van der Waals surface area contributed by atoms with E-state index in [1.165, 1.54) is 0 Å². The SMILES string of the molecule is CCCN(C)CC(=O)Nc1ccc(N)cc1. The minimum Gasteiger partial charge on any atom is -0.399 e. The molecule has 1 aromatic carbocycles. The quantitative estimate of drug-likeness (QED) is 0.742. The van der Waals surface area contributed by atoms with Crippen molar-refractivity contribution in [3.8, 4) is 0 Å². The predicted octanol–water partition coefficient (Wildman–Crippen LogP) is 1.55. The minimum atomic E-state index is 0.000668. The maximum absolute atomic E-state index is 11.6. The molecule has 1 amide bonds. The molecule has 1 aromatic rings. The third kappa shape index (κ3) is 4.31. The van der Waals surface area contributed by atoms with Gasteiger partial charge in [0.1, 0.15) is 0 Å². The predicted molar refractivity (Wildman–Crippen MR) is 67.3 cm³/mol. The van der Waals surface area contributed by atoms with E-state index in [9.17, 15) is 4.79 Å². The molecule has 0 saturated heterocycles. The molecule has 0 saturated carbocycles. The van der Waals surface area contributed by atoms with Gasteiger partial charge in [-0.1, -0.05) is 6.92 Å². The highest BCUT2D eigenvalue weighted by Gasteiger charge is 2.05. The Kier molecular flexibility index (Phi) is 4.79. The number of benzene rings is 1. The Labute approximate surface area is 96.4 Å². The zero-order valence-corrected chi connectivity index (χ0v) is 9.86. The summed E-state index contributed by atoms with van der Waals surface area (Å²) >= 11 is 0. The summed E-state index contributed by atoms with van der Waals surface area (Å²) in [5.41, 5.74) is 7.03. The maximum Gasteiger partial charge on any atom is 0.238 e. The van der Waals surface area contributed by atoms with Crippen molar-refractivity contribution in [1.82, 2.24) is 4.90 Å². The zero-order valence-electron chi connectivity index (χ0n) is 9.86. The molecule has 0 spiro atoms. The van der Waals surface area contributed by atoms with Gasteiger partial charge in [0.15, 0.2) is 0 Å². The number of rotatable bonds is 5. The topological polar surface area (TPSA) is 58.4 Å². The van der Waals surface area contributed by atoms with Crippen molar-refractivity contribution in [3.05, 3.63) is 24.3 Å². The Morgan fingerprint density at radius 1 is 1.38 bits per heavy atom. The van der Waals surface area contributed by atoms with Crippen LogP contribution in [0.1, 0.15) is 13.3 Å². The van der Waals surface area contributed by atoms with Gasteiger partial charge in [0.2, 0.25) is 5.91 Å². The molecule has 4 heteroatoms. The molecular formula is C12H19N3O. The van der Waals surface area contributed by atoms with E-state index in [1.807, 2.05) is 11.9 Å². The Balaban J connectivity index is 2.42. The summed E-state index contributed by atoms with van der Waals surface area (Å²) < 4.78 is 0. The van der Waals surface area contributed by atoms with Gasteiger partial charge in [0.05, 0.1) is 6.54 Å². The van der Waals surface area contributed by atoms with E-state index >= 15 is 0 Å². The standard InChI is InChI=1S/C12H19N3O/c1-3-8-15(2)9-12(16)14-11-6-4-10(13)5-7-11/h4-7H,3,8-9,13H2,1-2H3,(H,14,16). The molecule has 16 heavy (non-hydrogen) atoms. The molecule has 0 aliphatic rings. The molecule has 3 N–H and O–H groups in total. The fourth-order valence-electron chi connectivity index (χ4n) is 1.47. The molecule has 1 rings (SSSR count). The van der Waals surface area contributed by atoms with E-state index < -0.39 is 0 Å². The Bertz CT molecular complexity index is 335. The molecule has 0 aromatic heterocycles. The van der Waals surface area contributed by atoms with Gasteiger partial charge in [-0.3, -0.25) is 9.69 Å². The number of carbonyl (C=O) groups is 1. The van der Waals surface area contributed by atoms with E-state index in [-0.39, 0.29) is 5.91 Å². The van der Waals surface area contributed by atoms with E-state index in [1.54, 1.807) is 24.3 Å². The summed E-state index contributed by atoms with van der Waals surface area (Å²) in [7, 11) is 1.94. The van der Waals surface area contributed by atoms with E-state index in [4.69, 9.17) is 5.73 Å². The number of nitrogen functional groups attached to an aromatic ring is 1. The number of amides is 1. The number of nitrogens with zero attached hydrogens (tertiary/aromatic N) is 1. The van der Waals surface area contributed by atoms with Crippen LogP contribution in [0.25, 0.3) is 0 Å². The Morgan fingerprint density at radius 2 is 2.00 bits per heavy atom. The van der Waals surface area contributed by atoms with Crippen LogP contribution in [0.3, 0.4) is 0 Å². The van der Waals surface area contributed by atoms with Gasteiger partial charge >= 0.3 is 0 Å². The first-order valence-electron chi connectivity index (χ1n) is 5.45. The van der Waals surface area contributed by atoms with Crippen molar-refractivity contribution in [2.45, 2.75) is 13.3 Å². The average Bonchev–Trinajstić information content (AvgIpc) is 2.21.